The molecule has 1 aromatic heterocycles. The summed E-state index contributed by atoms with van der Waals surface area (Å²) < 4.78 is 0. The summed E-state index contributed by atoms with van der Waals surface area (Å²) in [5.74, 6) is 0.175. The van der Waals surface area contributed by atoms with Gasteiger partial charge in [-0.1, -0.05) is 0 Å². The van der Waals surface area contributed by atoms with Gasteiger partial charge < -0.3 is 10.6 Å². The van der Waals surface area contributed by atoms with E-state index in [-0.39, 0.29) is 24.7 Å². The molecule has 7 nitrogen and oxygen atoms in total. The molecule has 0 aliphatic carbocycles. The van der Waals surface area contributed by atoms with Crippen molar-refractivity contribution in [2.24, 2.45) is 0 Å². The molecular weight excluding hydrogens is 312 g/mol. The number of aromatic nitrogens is 1. The minimum absolute atomic E-state index is 0.144. The van der Waals surface area contributed by atoms with Crippen molar-refractivity contribution in [3.05, 3.63) is 16.1 Å². The molecule has 1 unspecified atom stereocenters. The van der Waals surface area contributed by atoms with Gasteiger partial charge in [0.05, 0.1) is 12.2 Å². The summed E-state index contributed by atoms with van der Waals surface area (Å²) in [5.41, 5.74) is 0.798. The Balaban J connectivity index is 1.85. The Morgan fingerprint density at radius 1 is 1.57 bits per heavy atom. The largest absolute Gasteiger partial charge is 0.349 e. The van der Waals surface area contributed by atoms with Crippen LogP contribution in [0.2, 0.25) is 0 Å². The zero-order chi connectivity index (χ0) is 15.2. The fourth-order valence-corrected chi connectivity index (χ4v) is 3.36. The number of urea groups is 1. The van der Waals surface area contributed by atoms with Crippen LogP contribution in [0.1, 0.15) is 23.5 Å². The first-order valence-corrected chi connectivity index (χ1v) is 8.66. The maximum Gasteiger partial charge on any atom is 0.322 e. The SMILES string of the molecule is CSCc1nc(CNC(=O)C2CCC(=O)NC(=O)N2)cs1. The lowest BCUT2D eigenvalue weighted by molar-refractivity contribution is -0.123. The second-order valence-electron chi connectivity index (χ2n) is 4.50. The number of hydrogen-bond acceptors (Lipinski definition) is 6. The summed E-state index contributed by atoms with van der Waals surface area (Å²) in [6.45, 7) is 0.317. The average Bonchev–Trinajstić information content (AvgIpc) is 2.81. The van der Waals surface area contributed by atoms with Crippen LogP contribution in [0.15, 0.2) is 5.38 Å². The highest BCUT2D eigenvalue weighted by atomic mass is 32.2. The van der Waals surface area contributed by atoms with Crippen LogP contribution >= 0.6 is 23.1 Å². The molecule has 0 aromatic carbocycles. The number of rotatable bonds is 5. The normalized spacial score (nSPS) is 18.6. The Morgan fingerprint density at radius 3 is 3.14 bits per heavy atom. The number of thioether (sulfide) groups is 1. The molecule has 2 heterocycles. The van der Waals surface area contributed by atoms with Gasteiger partial charge in [0, 0.05) is 17.6 Å². The lowest BCUT2D eigenvalue weighted by Gasteiger charge is -2.14. The van der Waals surface area contributed by atoms with Gasteiger partial charge in [-0.15, -0.1) is 11.3 Å². The zero-order valence-electron chi connectivity index (χ0n) is 11.5. The lowest BCUT2D eigenvalue weighted by atomic mass is 10.1. The second-order valence-corrected chi connectivity index (χ2v) is 6.30. The van der Waals surface area contributed by atoms with E-state index in [9.17, 15) is 14.4 Å². The maximum atomic E-state index is 12.0. The standard InChI is InChI=1S/C12H16N4O3S2/c1-20-6-10-14-7(5-21-10)4-13-11(18)8-2-3-9(17)16-12(19)15-8/h5,8H,2-4,6H2,1H3,(H,13,18)(H2,15,16,17,19). The monoisotopic (exact) mass is 328 g/mol. The third kappa shape index (κ3) is 4.71. The second kappa shape index (κ2) is 7.41. The van der Waals surface area contributed by atoms with Crippen molar-refractivity contribution in [3.63, 3.8) is 0 Å². The Hall–Kier alpha value is -1.61. The van der Waals surface area contributed by atoms with E-state index in [1.807, 2.05) is 11.6 Å². The van der Waals surface area contributed by atoms with E-state index in [4.69, 9.17) is 0 Å². The highest BCUT2D eigenvalue weighted by Gasteiger charge is 2.25. The minimum atomic E-state index is -0.694. The van der Waals surface area contributed by atoms with E-state index in [0.29, 0.717) is 6.54 Å². The van der Waals surface area contributed by atoms with Crippen molar-refractivity contribution in [2.75, 3.05) is 6.26 Å². The molecule has 21 heavy (non-hydrogen) atoms. The van der Waals surface area contributed by atoms with Crippen LogP contribution in [-0.2, 0) is 21.9 Å². The topological polar surface area (TPSA) is 100 Å². The predicted octanol–water partition coefficient (Wildman–Crippen LogP) is 0.610. The van der Waals surface area contributed by atoms with Gasteiger partial charge in [0.15, 0.2) is 0 Å². The van der Waals surface area contributed by atoms with Crippen LogP contribution in [0, 0.1) is 0 Å². The molecule has 1 saturated heterocycles. The van der Waals surface area contributed by atoms with Crippen LogP contribution in [0.4, 0.5) is 4.79 Å². The van der Waals surface area contributed by atoms with Gasteiger partial charge >= 0.3 is 6.03 Å². The van der Waals surface area contributed by atoms with Crippen LogP contribution in [0.25, 0.3) is 0 Å². The molecule has 3 N–H and O–H groups in total. The summed E-state index contributed by atoms with van der Waals surface area (Å²) in [7, 11) is 0. The van der Waals surface area contributed by atoms with Gasteiger partial charge in [-0.3, -0.25) is 14.9 Å². The number of nitrogens with one attached hydrogen (secondary N) is 3. The van der Waals surface area contributed by atoms with Gasteiger partial charge in [-0.2, -0.15) is 11.8 Å². The van der Waals surface area contributed by atoms with Crippen LogP contribution in [0.5, 0.6) is 0 Å². The molecule has 0 spiro atoms. The quantitative estimate of drug-likeness (QED) is 0.735. The van der Waals surface area contributed by atoms with Crippen molar-refractivity contribution < 1.29 is 14.4 Å². The smallest absolute Gasteiger partial charge is 0.322 e. The van der Waals surface area contributed by atoms with E-state index in [1.165, 1.54) is 0 Å². The van der Waals surface area contributed by atoms with Crippen LogP contribution in [0.3, 0.4) is 0 Å². The van der Waals surface area contributed by atoms with Gasteiger partial charge in [0.1, 0.15) is 11.0 Å². The van der Waals surface area contributed by atoms with Crippen LogP contribution < -0.4 is 16.0 Å². The Kier molecular flexibility index (Phi) is 5.57. The number of carbonyl (C=O) groups excluding carboxylic acids is 3. The predicted molar refractivity (Wildman–Crippen MR) is 80.9 cm³/mol. The lowest BCUT2D eigenvalue weighted by Crippen LogP contribution is -2.48. The molecule has 4 amide bonds. The Labute approximate surface area is 130 Å². The van der Waals surface area contributed by atoms with Gasteiger partial charge in [0.2, 0.25) is 11.8 Å². The fourth-order valence-electron chi connectivity index (χ4n) is 1.85. The summed E-state index contributed by atoms with van der Waals surface area (Å²) in [4.78, 5) is 38.9. The third-order valence-electron chi connectivity index (χ3n) is 2.85. The highest BCUT2D eigenvalue weighted by Crippen LogP contribution is 2.14. The first-order chi connectivity index (χ1) is 10.1. The third-order valence-corrected chi connectivity index (χ3v) is 4.49. The number of nitrogens with zero attached hydrogens (tertiary/aromatic N) is 1. The fraction of sp³-hybridized carbons (Fsp3) is 0.500. The summed E-state index contributed by atoms with van der Waals surface area (Å²) in [6, 6.07) is -1.32. The van der Waals surface area contributed by atoms with Gasteiger partial charge in [-0.05, 0) is 12.7 Å². The number of amides is 4. The summed E-state index contributed by atoms with van der Waals surface area (Å²) in [5, 5.41) is 10.3. The molecule has 2 rings (SSSR count). The van der Waals surface area contributed by atoms with Crippen LogP contribution in [-0.4, -0.2) is 35.1 Å². The molecule has 1 fully saturated rings. The van der Waals surface area contributed by atoms with Crippen molar-refractivity contribution in [1.82, 2.24) is 20.9 Å². The molecule has 114 valence electrons. The molecule has 1 atom stereocenters. The Morgan fingerprint density at radius 2 is 2.38 bits per heavy atom. The maximum absolute atomic E-state index is 12.0. The van der Waals surface area contributed by atoms with Crippen molar-refractivity contribution >= 4 is 40.9 Å². The van der Waals surface area contributed by atoms with E-state index in [2.05, 4.69) is 20.9 Å². The first kappa shape index (κ1) is 15.8. The molecular formula is C12H16N4O3S2. The van der Waals surface area contributed by atoms with Crippen molar-refractivity contribution in [1.29, 1.82) is 0 Å². The highest BCUT2D eigenvalue weighted by molar-refractivity contribution is 7.97. The molecule has 9 heteroatoms. The minimum Gasteiger partial charge on any atom is -0.349 e. The van der Waals surface area contributed by atoms with Gasteiger partial charge in [0.25, 0.3) is 0 Å². The van der Waals surface area contributed by atoms with Gasteiger partial charge in [-0.25, -0.2) is 9.78 Å². The van der Waals surface area contributed by atoms with E-state index in [0.717, 1.165) is 16.5 Å². The molecule has 1 aliphatic heterocycles. The molecule has 0 bridgehead atoms. The molecule has 0 radical (unpaired) electrons. The number of imide groups is 1. The molecule has 1 aromatic rings. The van der Waals surface area contributed by atoms with E-state index < -0.39 is 12.1 Å². The first-order valence-electron chi connectivity index (χ1n) is 6.38. The van der Waals surface area contributed by atoms with Crippen molar-refractivity contribution in [2.45, 2.75) is 31.2 Å². The number of hydrogen-bond donors (Lipinski definition) is 3. The van der Waals surface area contributed by atoms with Crippen molar-refractivity contribution in [3.8, 4) is 0 Å². The zero-order valence-corrected chi connectivity index (χ0v) is 13.1. The molecule has 1 aliphatic rings. The number of thiazole rings is 1. The number of carbonyl (C=O) groups is 3. The summed E-state index contributed by atoms with van der Waals surface area (Å²) in [6.07, 6.45) is 2.44. The van der Waals surface area contributed by atoms with E-state index >= 15 is 0 Å². The summed E-state index contributed by atoms with van der Waals surface area (Å²) >= 11 is 3.25. The average molecular weight is 328 g/mol. The van der Waals surface area contributed by atoms with E-state index in [1.54, 1.807) is 23.1 Å². The molecule has 0 saturated carbocycles. The Bertz CT molecular complexity index is 546.